The molecule has 4 aromatic rings. The number of aryl methyl sites for hydroxylation is 1. The Morgan fingerprint density at radius 3 is 2.84 bits per heavy atom. The molecule has 4 heterocycles. The van der Waals surface area contributed by atoms with Crippen molar-refractivity contribution < 1.29 is 0 Å². The fourth-order valence-electron chi connectivity index (χ4n) is 5.53. The molecule has 1 saturated heterocycles. The van der Waals surface area contributed by atoms with Gasteiger partial charge in [0.1, 0.15) is 5.52 Å². The van der Waals surface area contributed by atoms with Gasteiger partial charge < -0.3 is 9.88 Å². The van der Waals surface area contributed by atoms with E-state index >= 15 is 0 Å². The molecule has 1 spiro atoms. The first-order valence-corrected chi connectivity index (χ1v) is 11.4. The highest BCUT2D eigenvalue weighted by molar-refractivity contribution is 5.83. The number of H-pyrrole nitrogens is 1. The summed E-state index contributed by atoms with van der Waals surface area (Å²) in [5.41, 5.74) is 5.13. The first kappa shape index (κ1) is 19.4. The SMILES string of the molecule is O=c1[nH]cnc2c(-n3cc(CCN4CCC5(CCc6ccccc65)CC4)cn3)nccc12. The van der Waals surface area contributed by atoms with Crippen LogP contribution in [0.3, 0.4) is 0 Å². The van der Waals surface area contributed by atoms with Gasteiger partial charge in [0, 0.05) is 18.9 Å². The average molecular weight is 427 g/mol. The van der Waals surface area contributed by atoms with Crippen molar-refractivity contribution in [2.24, 2.45) is 0 Å². The topological polar surface area (TPSA) is 79.7 Å². The molecule has 7 nitrogen and oxygen atoms in total. The lowest BCUT2D eigenvalue weighted by molar-refractivity contribution is 0.160. The van der Waals surface area contributed by atoms with Crippen LogP contribution < -0.4 is 5.56 Å². The molecule has 32 heavy (non-hydrogen) atoms. The van der Waals surface area contributed by atoms with Crippen LogP contribution in [0.15, 0.2) is 60.0 Å². The van der Waals surface area contributed by atoms with E-state index in [4.69, 9.17) is 0 Å². The van der Waals surface area contributed by atoms with Crippen LogP contribution in [0, 0.1) is 0 Å². The second-order valence-corrected chi connectivity index (χ2v) is 9.08. The number of likely N-dealkylation sites (tertiary alicyclic amines) is 1. The Morgan fingerprint density at radius 1 is 1.06 bits per heavy atom. The molecule has 3 aromatic heterocycles. The summed E-state index contributed by atoms with van der Waals surface area (Å²) in [6.45, 7) is 3.34. The van der Waals surface area contributed by atoms with E-state index in [1.807, 2.05) is 12.4 Å². The van der Waals surface area contributed by atoms with Gasteiger partial charge in [0.05, 0.1) is 17.9 Å². The number of nitrogens with zero attached hydrogens (tertiary/aromatic N) is 5. The summed E-state index contributed by atoms with van der Waals surface area (Å²) < 4.78 is 1.73. The van der Waals surface area contributed by atoms with Crippen molar-refractivity contribution in [3.05, 3.63) is 82.3 Å². The van der Waals surface area contributed by atoms with Gasteiger partial charge in [-0.2, -0.15) is 5.10 Å². The summed E-state index contributed by atoms with van der Waals surface area (Å²) in [4.78, 5) is 26.0. The van der Waals surface area contributed by atoms with E-state index < -0.39 is 0 Å². The zero-order valence-corrected chi connectivity index (χ0v) is 18.0. The molecule has 7 heteroatoms. The summed E-state index contributed by atoms with van der Waals surface area (Å²) in [7, 11) is 0. The average Bonchev–Trinajstić information content (AvgIpc) is 3.45. The van der Waals surface area contributed by atoms with Gasteiger partial charge in [-0.25, -0.2) is 14.6 Å². The van der Waals surface area contributed by atoms with Gasteiger partial charge in [-0.3, -0.25) is 4.79 Å². The number of aromatic nitrogens is 5. The third kappa shape index (κ3) is 3.24. The number of piperidine rings is 1. The molecule has 1 aromatic carbocycles. The molecule has 1 N–H and O–H groups in total. The summed E-state index contributed by atoms with van der Waals surface area (Å²) in [6, 6.07) is 10.7. The van der Waals surface area contributed by atoms with E-state index in [1.54, 1.807) is 28.1 Å². The molecular weight excluding hydrogens is 400 g/mol. The second-order valence-electron chi connectivity index (χ2n) is 9.08. The number of pyridine rings is 1. The predicted molar refractivity (Wildman–Crippen MR) is 123 cm³/mol. The standard InChI is InChI=1S/C25H26N6O/c32-24-20-6-11-26-23(22(20)27-17-28-24)31-16-18(15-29-31)7-12-30-13-9-25(10-14-30)8-5-19-3-1-2-4-21(19)25/h1-4,6,11,15-17H,5,7-10,12-14H2,(H,27,28,32). The van der Waals surface area contributed by atoms with Crippen LogP contribution in [0.4, 0.5) is 0 Å². The quantitative estimate of drug-likeness (QED) is 0.543. The van der Waals surface area contributed by atoms with E-state index in [9.17, 15) is 4.79 Å². The normalized spacial score (nSPS) is 17.8. The molecule has 0 unspecified atom stereocenters. The number of benzene rings is 1. The lowest BCUT2D eigenvalue weighted by Gasteiger charge is -2.40. The van der Waals surface area contributed by atoms with Gasteiger partial charge in [-0.05, 0) is 73.4 Å². The van der Waals surface area contributed by atoms with Crippen molar-refractivity contribution in [2.45, 2.75) is 37.5 Å². The highest BCUT2D eigenvalue weighted by atomic mass is 16.1. The van der Waals surface area contributed by atoms with Gasteiger partial charge in [0.25, 0.3) is 5.56 Å². The number of nitrogens with one attached hydrogen (secondary N) is 1. The minimum atomic E-state index is -0.168. The Kier molecular flexibility index (Phi) is 4.64. The van der Waals surface area contributed by atoms with Gasteiger partial charge >= 0.3 is 0 Å². The van der Waals surface area contributed by atoms with Crippen LogP contribution in [0.2, 0.25) is 0 Å². The Balaban J connectivity index is 1.12. The Labute approximate surface area is 186 Å². The molecule has 0 bridgehead atoms. The molecule has 0 atom stereocenters. The summed E-state index contributed by atoms with van der Waals surface area (Å²) in [6.07, 6.45) is 12.9. The van der Waals surface area contributed by atoms with Gasteiger partial charge in [0.15, 0.2) is 5.82 Å². The smallest absolute Gasteiger partial charge is 0.258 e. The van der Waals surface area contributed by atoms with Crippen LogP contribution in [0.25, 0.3) is 16.7 Å². The summed E-state index contributed by atoms with van der Waals surface area (Å²) in [5.74, 6) is 0.583. The first-order valence-electron chi connectivity index (χ1n) is 11.4. The number of hydrogen-bond donors (Lipinski definition) is 1. The molecule has 1 aliphatic carbocycles. The van der Waals surface area contributed by atoms with Gasteiger partial charge in [0.2, 0.25) is 0 Å². The van der Waals surface area contributed by atoms with E-state index in [0.717, 1.165) is 26.1 Å². The van der Waals surface area contributed by atoms with E-state index in [0.29, 0.717) is 22.1 Å². The molecule has 162 valence electrons. The number of hydrogen-bond acceptors (Lipinski definition) is 5. The maximum Gasteiger partial charge on any atom is 0.258 e. The lowest BCUT2D eigenvalue weighted by Crippen LogP contribution is -2.42. The van der Waals surface area contributed by atoms with Crippen molar-refractivity contribution in [1.82, 2.24) is 29.6 Å². The number of rotatable bonds is 4. The first-order chi connectivity index (χ1) is 15.7. The number of fused-ring (bicyclic) bond motifs is 3. The van der Waals surface area contributed by atoms with Crippen molar-refractivity contribution in [2.75, 3.05) is 19.6 Å². The Hall–Kier alpha value is -3.32. The highest BCUT2D eigenvalue weighted by Crippen LogP contribution is 2.46. The maximum atomic E-state index is 12.0. The molecule has 2 aliphatic rings. The van der Waals surface area contributed by atoms with Crippen LogP contribution >= 0.6 is 0 Å². The fourth-order valence-corrected chi connectivity index (χ4v) is 5.53. The summed E-state index contributed by atoms with van der Waals surface area (Å²) >= 11 is 0. The zero-order valence-electron chi connectivity index (χ0n) is 18.0. The molecule has 0 amide bonds. The van der Waals surface area contributed by atoms with Crippen LogP contribution in [-0.2, 0) is 18.3 Å². The number of aromatic amines is 1. The maximum absolute atomic E-state index is 12.0. The largest absolute Gasteiger partial charge is 0.313 e. The monoisotopic (exact) mass is 426 g/mol. The minimum absolute atomic E-state index is 0.168. The third-order valence-electron chi connectivity index (χ3n) is 7.38. The molecule has 0 radical (unpaired) electrons. The fraction of sp³-hybridized carbons (Fsp3) is 0.360. The predicted octanol–water partition coefficient (Wildman–Crippen LogP) is 3.03. The van der Waals surface area contributed by atoms with Crippen molar-refractivity contribution in [3.8, 4) is 5.82 Å². The molecule has 0 saturated carbocycles. The third-order valence-corrected chi connectivity index (χ3v) is 7.38. The molecule has 1 aliphatic heterocycles. The minimum Gasteiger partial charge on any atom is -0.313 e. The van der Waals surface area contributed by atoms with Crippen LogP contribution in [0.5, 0.6) is 0 Å². The van der Waals surface area contributed by atoms with E-state index in [-0.39, 0.29) is 5.56 Å². The second kappa shape index (κ2) is 7.67. The van der Waals surface area contributed by atoms with E-state index in [1.165, 1.54) is 37.6 Å². The van der Waals surface area contributed by atoms with Gasteiger partial charge in [-0.15, -0.1) is 0 Å². The molecular formula is C25H26N6O. The van der Waals surface area contributed by atoms with Crippen molar-refractivity contribution in [3.63, 3.8) is 0 Å². The van der Waals surface area contributed by atoms with E-state index in [2.05, 4.69) is 49.2 Å². The highest BCUT2D eigenvalue weighted by Gasteiger charge is 2.40. The van der Waals surface area contributed by atoms with Crippen LogP contribution in [0.1, 0.15) is 36.0 Å². The molecule has 1 fully saturated rings. The Morgan fingerprint density at radius 2 is 1.94 bits per heavy atom. The summed E-state index contributed by atoms with van der Waals surface area (Å²) in [5, 5.41) is 5.02. The Bertz CT molecular complexity index is 1330. The van der Waals surface area contributed by atoms with Crippen molar-refractivity contribution >= 4 is 10.9 Å². The van der Waals surface area contributed by atoms with Crippen molar-refractivity contribution in [1.29, 1.82) is 0 Å². The lowest BCUT2D eigenvalue weighted by atomic mass is 9.74. The van der Waals surface area contributed by atoms with Gasteiger partial charge in [-0.1, -0.05) is 24.3 Å². The van der Waals surface area contributed by atoms with Crippen LogP contribution in [-0.4, -0.2) is 49.3 Å². The zero-order chi connectivity index (χ0) is 21.5. The molecule has 6 rings (SSSR count).